The number of hydrogen-bond acceptors (Lipinski definition) is 5. The van der Waals surface area contributed by atoms with Crippen LogP contribution in [-0.4, -0.2) is 26.0 Å². The number of aryl methyl sites for hydroxylation is 2. The van der Waals surface area contributed by atoms with Crippen molar-refractivity contribution in [2.24, 2.45) is 0 Å². The van der Waals surface area contributed by atoms with Crippen molar-refractivity contribution in [2.75, 3.05) is 0 Å². The summed E-state index contributed by atoms with van der Waals surface area (Å²) in [7, 11) is 0. The van der Waals surface area contributed by atoms with Crippen LogP contribution < -0.4 is 5.32 Å². The number of carbonyl (C=O) groups excluding carboxylic acids is 1. The van der Waals surface area contributed by atoms with Crippen LogP contribution in [0, 0.1) is 6.92 Å². The number of nitrogens with zero attached hydrogens (tertiary/aromatic N) is 4. The fraction of sp³-hybridized carbons (Fsp3) is 0.333. The van der Waals surface area contributed by atoms with Gasteiger partial charge in [0.05, 0.1) is 11.3 Å². The molecule has 114 valence electrons. The number of benzene rings is 1. The summed E-state index contributed by atoms with van der Waals surface area (Å²) in [4.78, 5) is 12.3. The van der Waals surface area contributed by atoms with E-state index < -0.39 is 0 Å². The third-order valence-corrected chi connectivity index (χ3v) is 3.41. The van der Waals surface area contributed by atoms with Gasteiger partial charge in [-0.1, -0.05) is 13.0 Å². The van der Waals surface area contributed by atoms with Gasteiger partial charge in [-0.25, -0.2) is 4.63 Å². The zero-order valence-electron chi connectivity index (χ0n) is 12.5. The van der Waals surface area contributed by atoms with Gasteiger partial charge in [-0.05, 0) is 41.4 Å². The van der Waals surface area contributed by atoms with E-state index in [0.717, 1.165) is 24.2 Å². The summed E-state index contributed by atoms with van der Waals surface area (Å²) in [6, 6.07) is 5.55. The summed E-state index contributed by atoms with van der Waals surface area (Å²) in [6.07, 6.45) is 2.77. The summed E-state index contributed by atoms with van der Waals surface area (Å²) in [5.74, 6) is -0.127. The molecule has 1 amide bonds. The maximum atomic E-state index is 12.3. The van der Waals surface area contributed by atoms with E-state index in [1.54, 1.807) is 10.9 Å². The zero-order chi connectivity index (χ0) is 15.5. The monoisotopic (exact) mass is 299 g/mol. The van der Waals surface area contributed by atoms with Gasteiger partial charge in [-0.15, -0.1) is 0 Å². The van der Waals surface area contributed by atoms with E-state index in [0.29, 0.717) is 23.1 Å². The molecule has 1 aromatic carbocycles. The number of fused-ring (bicyclic) bond motifs is 1. The average Bonchev–Trinajstić information content (AvgIpc) is 3.11. The minimum Gasteiger partial charge on any atom is -0.348 e. The first-order valence-electron chi connectivity index (χ1n) is 7.21. The molecule has 0 aliphatic carbocycles. The molecule has 0 atom stereocenters. The van der Waals surface area contributed by atoms with Crippen LogP contribution in [0.15, 0.2) is 29.0 Å². The Kier molecular flexibility index (Phi) is 3.86. The fourth-order valence-corrected chi connectivity index (χ4v) is 2.30. The highest BCUT2D eigenvalue weighted by Gasteiger charge is 2.13. The van der Waals surface area contributed by atoms with Gasteiger partial charge in [0.1, 0.15) is 11.0 Å². The van der Waals surface area contributed by atoms with Crippen LogP contribution in [0.3, 0.4) is 0 Å². The second-order valence-electron chi connectivity index (χ2n) is 5.16. The van der Waals surface area contributed by atoms with E-state index in [9.17, 15) is 4.79 Å². The van der Waals surface area contributed by atoms with Gasteiger partial charge < -0.3 is 5.32 Å². The lowest BCUT2D eigenvalue weighted by atomic mass is 10.2. The van der Waals surface area contributed by atoms with Crippen molar-refractivity contribution in [3.8, 4) is 0 Å². The van der Waals surface area contributed by atoms with E-state index >= 15 is 0 Å². The van der Waals surface area contributed by atoms with Crippen LogP contribution in [0.5, 0.6) is 0 Å². The lowest BCUT2D eigenvalue weighted by molar-refractivity contribution is 0.0950. The Morgan fingerprint density at radius 1 is 1.32 bits per heavy atom. The molecule has 0 radical (unpaired) electrons. The van der Waals surface area contributed by atoms with Crippen LogP contribution in [0.4, 0.5) is 0 Å². The average molecular weight is 299 g/mol. The van der Waals surface area contributed by atoms with Crippen molar-refractivity contribution in [3.63, 3.8) is 0 Å². The second kappa shape index (κ2) is 5.97. The molecule has 0 spiro atoms. The molecular formula is C15H17N5O2. The third-order valence-electron chi connectivity index (χ3n) is 3.41. The third kappa shape index (κ3) is 2.83. The SMILES string of the molecule is CCCn1cc(C(=O)NCc2ccc3nonc3c2)c(C)n1. The van der Waals surface area contributed by atoms with Gasteiger partial charge in [0.2, 0.25) is 0 Å². The molecule has 0 aliphatic heterocycles. The van der Waals surface area contributed by atoms with Gasteiger partial charge in [0.25, 0.3) is 5.91 Å². The van der Waals surface area contributed by atoms with Crippen molar-refractivity contribution in [1.82, 2.24) is 25.4 Å². The number of aromatic nitrogens is 4. The molecule has 0 bridgehead atoms. The minimum atomic E-state index is -0.127. The van der Waals surface area contributed by atoms with Crippen LogP contribution in [-0.2, 0) is 13.1 Å². The molecule has 0 saturated heterocycles. The largest absolute Gasteiger partial charge is 0.348 e. The Balaban J connectivity index is 1.68. The predicted molar refractivity (Wildman–Crippen MR) is 80.2 cm³/mol. The zero-order valence-corrected chi connectivity index (χ0v) is 12.5. The van der Waals surface area contributed by atoms with Gasteiger partial charge in [0.15, 0.2) is 0 Å². The van der Waals surface area contributed by atoms with E-state index in [-0.39, 0.29) is 5.91 Å². The Hall–Kier alpha value is -2.70. The van der Waals surface area contributed by atoms with E-state index in [4.69, 9.17) is 0 Å². The molecule has 22 heavy (non-hydrogen) atoms. The summed E-state index contributed by atoms with van der Waals surface area (Å²) < 4.78 is 6.46. The van der Waals surface area contributed by atoms with Gasteiger partial charge >= 0.3 is 0 Å². The number of nitrogens with one attached hydrogen (secondary N) is 1. The van der Waals surface area contributed by atoms with E-state index in [1.807, 2.05) is 25.1 Å². The Morgan fingerprint density at radius 3 is 2.95 bits per heavy atom. The van der Waals surface area contributed by atoms with Crippen molar-refractivity contribution < 1.29 is 9.42 Å². The molecule has 7 heteroatoms. The Labute approximate surface area is 127 Å². The molecule has 2 heterocycles. The Bertz CT molecular complexity index is 805. The van der Waals surface area contributed by atoms with Crippen LogP contribution >= 0.6 is 0 Å². The highest BCUT2D eigenvalue weighted by atomic mass is 16.6. The summed E-state index contributed by atoms with van der Waals surface area (Å²) >= 11 is 0. The summed E-state index contributed by atoms with van der Waals surface area (Å²) in [5, 5.41) is 14.8. The molecule has 7 nitrogen and oxygen atoms in total. The molecule has 1 N–H and O–H groups in total. The highest BCUT2D eigenvalue weighted by molar-refractivity contribution is 5.95. The molecule has 0 aliphatic rings. The highest BCUT2D eigenvalue weighted by Crippen LogP contribution is 2.12. The second-order valence-corrected chi connectivity index (χ2v) is 5.16. The molecule has 2 aromatic heterocycles. The molecule has 0 fully saturated rings. The van der Waals surface area contributed by atoms with Crippen molar-refractivity contribution >= 4 is 16.9 Å². The lowest BCUT2D eigenvalue weighted by Gasteiger charge is -2.04. The molecule has 3 rings (SSSR count). The van der Waals surface area contributed by atoms with Crippen LogP contribution in [0.1, 0.15) is 35.0 Å². The first-order chi connectivity index (χ1) is 10.7. The van der Waals surface area contributed by atoms with Gasteiger partial charge in [-0.2, -0.15) is 5.10 Å². The first kappa shape index (κ1) is 14.2. The number of amides is 1. The maximum absolute atomic E-state index is 12.3. The summed E-state index contributed by atoms with van der Waals surface area (Å²) in [5.41, 5.74) is 3.67. The quantitative estimate of drug-likeness (QED) is 0.779. The molecular weight excluding hydrogens is 282 g/mol. The van der Waals surface area contributed by atoms with E-state index in [2.05, 4.69) is 32.3 Å². The minimum absolute atomic E-state index is 0.127. The fourth-order valence-electron chi connectivity index (χ4n) is 2.30. The standard InChI is InChI=1S/C15H17N5O2/c1-3-6-20-9-12(10(2)17-20)15(21)16-8-11-4-5-13-14(7-11)19-22-18-13/h4-5,7,9H,3,6,8H2,1-2H3,(H,16,21). The predicted octanol–water partition coefficient (Wildman–Crippen LogP) is 2.07. The number of carbonyl (C=O) groups is 1. The smallest absolute Gasteiger partial charge is 0.255 e. The van der Waals surface area contributed by atoms with E-state index in [1.165, 1.54) is 0 Å². The van der Waals surface area contributed by atoms with Crippen LogP contribution in [0.2, 0.25) is 0 Å². The Morgan fingerprint density at radius 2 is 2.14 bits per heavy atom. The number of hydrogen-bond donors (Lipinski definition) is 1. The summed E-state index contributed by atoms with van der Waals surface area (Å²) in [6.45, 7) is 5.14. The number of rotatable bonds is 5. The lowest BCUT2D eigenvalue weighted by Crippen LogP contribution is -2.23. The van der Waals surface area contributed by atoms with Gasteiger partial charge in [0, 0.05) is 19.3 Å². The topological polar surface area (TPSA) is 85.8 Å². The normalized spacial score (nSPS) is 11.0. The van der Waals surface area contributed by atoms with Gasteiger partial charge in [-0.3, -0.25) is 9.48 Å². The maximum Gasteiger partial charge on any atom is 0.255 e. The van der Waals surface area contributed by atoms with Crippen molar-refractivity contribution in [3.05, 3.63) is 41.2 Å². The molecule has 0 saturated carbocycles. The molecule has 3 aromatic rings. The van der Waals surface area contributed by atoms with Crippen LogP contribution in [0.25, 0.3) is 11.0 Å². The van der Waals surface area contributed by atoms with Crippen molar-refractivity contribution in [1.29, 1.82) is 0 Å². The molecule has 0 unspecified atom stereocenters. The first-order valence-corrected chi connectivity index (χ1v) is 7.21. The van der Waals surface area contributed by atoms with Crippen molar-refractivity contribution in [2.45, 2.75) is 33.4 Å².